The number of oxime groups is 1. The Kier molecular flexibility index (Phi) is 6.53. The molecule has 1 saturated heterocycles. The van der Waals surface area contributed by atoms with Crippen LogP contribution in [0.3, 0.4) is 0 Å². The van der Waals surface area contributed by atoms with Gasteiger partial charge in [-0.3, -0.25) is 0 Å². The average Bonchev–Trinajstić information content (AvgIpc) is 2.71. The number of alkyl halides is 3. The average molecular weight is 422 g/mol. The number of rotatable bonds is 5. The molecule has 160 valence electrons. The molecule has 1 amide bonds. The number of carboxylic acid groups (broad SMARTS) is 1. The zero-order valence-electron chi connectivity index (χ0n) is 16.3. The molecule has 0 spiro atoms. The summed E-state index contributed by atoms with van der Waals surface area (Å²) in [6, 6.07) is 4.49. The zero-order valence-corrected chi connectivity index (χ0v) is 16.3. The van der Waals surface area contributed by atoms with Crippen molar-refractivity contribution in [2.75, 3.05) is 13.1 Å². The lowest BCUT2D eigenvalue weighted by molar-refractivity contribution is -0.137. The molecule has 3 rings (SSSR count). The summed E-state index contributed by atoms with van der Waals surface area (Å²) in [5.74, 6) is 0.712. The predicted octanol–water partition coefficient (Wildman–Crippen LogP) is 4.27. The molecule has 30 heavy (non-hydrogen) atoms. The Morgan fingerprint density at radius 3 is 2.77 bits per heavy atom. The van der Waals surface area contributed by atoms with Gasteiger partial charge in [0.15, 0.2) is 5.75 Å². The van der Waals surface area contributed by atoms with Crippen LogP contribution < -0.4 is 4.84 Å². The van der Waals surface area contributed by atoms with Crippen molar-refractivity contribution >= 4 is 12.3 Å². The fourth-order valence-electron chi connectivity index (χ4n) is 3.33. The van der Waals surface area contributed by atoms with Gasteiger partial charge in [0.05, 0.1) is 11.3 Å². The number of hydrogen-bond donors (Lipinski definition) is 1. The van der Waals surface area contributed by atoms with Crippen molar-refractivity contribution in [3.05, 3.63) is 53.1 Å². The first-order valence-electron chi connectivity index (χ1n) is 9.40. The molecule has 0 bridgehead atoms. The van der Waals surface area contributed by atoms with Crippen LogP contribution in [0.5, 0.6) is 5.75 Å². The highest BCUT2D eigenvalue weighted by Gasteiger charge is 2.30. The molecule has 2 heterocycles. The van der Waals surface area contributed by atoms with Gasteiger partial charge in [0.1, 0.15) is 5.82 Å². The number of benzene rings is 1. The number of carbonyl (C=O) groups is 1. The van der Waals surface area contributed by atoms with Crippen molar-refractivity contribution in [3.63, 3.8) is 0 Å². The molecular formula is C20H21F3N4O3. The van der Waals surface area contributed by atoms with Crippen molar-refractivity contribution in [2.24, 2.45) is 5.16 Å². The summed E-state index contributed by atoms with van der Waals surface area (Å²) in [6.45, 7) is 2.66. The van der Waals surface area contributed by atoms with E-state index >= 15 is 0 Å². The van der Waals surface area contributed by atoms with Crippen LogP contribution in [0.25, 0.3) is 0 Å². The lowest BCUT2D eigenvalue weighted by atomic mass is 9.90. The van der Waals surface area contributed by atoms with Gasteiger partial charge in [-0.2, -0.15) is 13.2 Å². The van der Waals surface area contributed by atoms with E-state index in [1.54, 1.807) is 13.1 Å². The van der Waals surface area contributed by atoms with E-state index in [1.165, 1.54) is 23.2 Å². The monoisotopic (exact) mass is 422 g/mol. The Labute approximate surface area is 171 Å². The van der Waals surface area contributed by atoms with Gasteiger partial charge in [0.2, 0.25) is 0 Å². The molecule has 0 aliphatic carbocycles. The minimum Gasteiger partial charge on any atom is -0.465 e. The SMILES string of the molecule is Cc1ncc(CC=NOc2cccc(C(F)(F)F)c2)c(C2CCN(C(=O)O)CC2)n1. The topological polar surface area (TPSA) is 87.9 Å². The van der Waals surface area contributed by atoms with Gasteiger partial charge in [-0.05, 0) is 43.5 Å². The fraction of sp³-hybridized carbons (Fsp3) is 0.400. The number of amides is 1. The second-order valence-corrected chi connectivity index (χ2v) is 6.98. The first-order valence-corrected chi connectivity index (χ1v) is 9.40. The number of likely N-dealkylation sites (tertiary alicyclic amines) is 1. The fourth-order valence-corrected chi connectivity index (χ4v) is 3.33. The molecule has 0 saturated carbocycles. The Morgan fingerprint density at radius 1 is 1.37 bits per heavy atom. The maximum Gasteiger partial charge on any atom is 0.416 e. The maximum atomic E-state index is 12.8. The highest BCUT2D eigenvalue weighted by molar-refractivity contribution is 5.65. The highest BCUT2D eigenvalue weighted by atomic mass is 19.4. The molecule has 1 aromatic carbocycles. The second kappa shape index (κ2) is 9.10. The molecule has 0 atom stereocenters. The van der Waals surface area contributed by atoms with Gasteiger partial charge in [0, 0.05) is 37.8 Å². The van der Waals surface area contributed by atoms with Gasteiger partial charge in [-0.15, -0.1) is 0 Å². The van der Waals surface area contributed by atoms with E-state index in [0.29, 0.717) is 38.2 Å². The Morgan fingerprint density at radius 2 is 2.10 bits per heavy atom. The van der Waals surface area contributed by atoms with E-state index in [9.17, 15) is 18.0 Å². The zero-order chi connectivity index (χ0) is 21.7. The first kappa shape index (κ1) is 21.5. The lowest BCUT2D eigenvalue weighted by Gasteiger charge is -2.30. The largest absolute Gasteiger partial charge is 0.465 e. The van der Waals surface area contributed by atoms with Crippen LogP contribution in [-0.4, -0.2) is 45.4 Å². The number of hydrogen-bond acceptors (Lipinski definition) is 5. The van der Waals surface area contributed by atoms with E-state index in [2.05, 4.69) is 15.1 Å². The summed E-state index contributed by atoms with van der Waals surface area (Å²) < 4.78 is 38.3. The second-order valence-electron chi connectivity index (χ2n) is 6.98. The van der Waals surface area contributed by atoms with E-state index in [-0.39, 0.29) is 11.7 Å². The predicted molar refractivity (Wildman–Crippen MR) is 103 cm³/mol. The van der Waals surface area contributed by atoms with Crippen LogP contribution >= 0.6 is 0 Å². The van der Waals surface area contributed by atoms with Gasteiger partial charge in [-0.1, -0.05) is 11.2 Å². The van der Waals surface area contributed by atoms with Crippen LogP contribution in [-0.2, 0) is 12.6 Å². The number of nitrogens with zero attached hydrogens (tertiary/aromatic N) is 4. The quantitative estimate of drug-likeness (QED) is 0.574. The van der Waals surface area contributed by atoms with Crippen molar-refractivity contribution in [1.82, 2.24) is 14.9 Å². The molecule has 0 unspecified atom stereocenters. The minimum absolute atomic E-state index is 0.0116. The smallest absolute Gasteiger partial charge is 0.416 e. The summed E-state index contributed by atoms with van der Waals surface area (Å²) in [6.07, 6.45) is -0.573. The lowest BCUT2D eigenvalue weighted by Crippen LogP contribution is -2.37. The highest BCUT2D eigenvalue weighted by Crippen LogP contribution is 2.31. The maximum absolute atomic E-state index is 12.8. The minimum atomic E-state index is -4.45. The van der Waals surface area contributed by atoms with Crippen LogP contribution in [0.4, 0.5) is 18.0 Å². The van der Waals surface area contributed by atoms with E-state index in [0.717, 1.165) is 23.4 Å². The van der Waals surface area contributed by atoms with Gasteiger partial charge < -0.3 is 14.8 Å². The number of halogens is 3. The van der Waals surface area contributed by atoms with Crippen LogP contribution in [0, 0.1) is 6.92 Å². The summed E-state index contributed by atoms with van der Waals surface area (Å²) in [4.78, 5) is 26.3. The molecule has 1 fully saturated rings. The third-order valence-corrected chi connectivity index (χ3v) is 4.88. The van der Waals surface area contributed by atoms with E-state index < -0.39 is 17.8 Å². The molecule has 1 N–H and O–H groups in total. The standard InChI is InChI=1S/C20H21F3N4O3/c1-13-24-12-15(18(26-13)14-6-9-27(10-7-14)19(28)29)5-8-25-30-17-4-2-3-16(11-17)20(21,22)23/h2-4,8,11-12,14H,5-7,9-10H2,1H3,(H,28,29). The molecular weight excluding hydrogens is 401 g/mol. The molecule has 1 aliphatic rings. The molecule has 2 aromatic rings. The van der Waals surface area contributed by atoms with Crippen LogP contribution in [0.2, 0.25) is 0 Å². The molecule has 7 nitrogen and oxygen atoms in total. The van der Waals surface area contributed by atoms with Crippen LogP contribution in [0.1, 0.15) is 41.4 Å². The van der Waals surface area contributed by atoms with Crippen molar-refractivity contribution < 1.29 is 27.9 Å². The molecule has 1 aliphatic heterocycles. The summed E-state index contributed by atoms with van der Waals surface area (Å²) in [5, 5.41) is 12.9. The molecule has 0 radical (unpaired) electrons. The molecule has 10 heteroatoms. The Hall–Kier alpha value is -3.17. The van der Waals surface area contributed by atoms with Crippen molar-refractivity contribution in [1.29, 1.82) is 0 Å². The van der Waals surface area contributed by atoms with Crippen molar-refractivity contribution in [2.45, 2.75) is 38.3 Å². The molecule has 1 aromatic heterocycles. The van der Waals surface area contributed by atoms with Gasteiger partial charge >= 0.3 is 12.3 Å². The Bertz CT molecular complexity index is 926. The third-order valence-electron chi connectivity index (χ3n) is 4.88. The van der Waals surface area contributed by atoms with E-state index in [4.69, 9.17) is 9.94 Å². The van der Waals surface area contributed by atoms with Gasteiger partial charge in [-0.25, -0.2) is 14.8 Å². The summed E-state index contributed by atoms with van der Waals surface area (Å²) in [7, 11) is 0. The number of aromatic nitrogens is 2. The third kappa shape index (κ3) is 5.46. The first-order chi connectivity index (χ1) is 14.2. The van der Waals surface area contributed by atoms with Crippen molar-refractivity contribution in [3.8, 4) is 5.75 Å². The summed E-state index contributed by atoms with van der Waals surface area (Å²) in [5.41, 5.74) is 0.862. The normalized spacial score (nSPS) is 15.5. The Balaban J connectivity index is 1.65. The number of piperidine rings is 1. The van der Waals surface area contributed by atoms with Gasteiger partial charge in [0.25, 0.3) is 0 Å². The number of aryl methyl sites for hydroxylation is 1. The van der Waals surface area contributed by atoms with E-state index in [1.807, 2.05) is 0 Å². The van der Waals surface area contributed by atoms with Crippen LogP contribution in [0.15, 0.2) is 35.6 Å². The summed E-state index contributed by atoms with van der Waals surface area (Å²) >= 11 is 0.